The van der Waals surface area contributed by atoms with Gasteiger partial charge in [0.05, 0.1) is 5.69 Å². The molecule has 5 fully saturated rings. The Hall–Kier alpha value is -5.08. The largest absolute Gasteiger partial charge is 0.457 e. The van der Waals surface area contributed by atoms with Crippen LogP contribution in [0.4, 0.5) is 17.1 Å². The van der Waals surface area contributed by atoms with E-state index in [4.69, 9.17) is 4.74 Å². The number of nitrogens with zero attached hydrogens (tertiary/aromatic N) is 1. The van der Waals surface area contributed by atoms with Crippen molar-refractivity contribution in [2.75, 3.05) is 4.90 Å². The zero-order chi connectivity index (χ0) is 35.5. The van der Waals surface area contributed by atoms with Crippen LogP contribution in [0.1, 0.15) is 74.1 Å². The van der Waals surface area contributed by atoms with Crippen molar-refractivity contribution in [2.24, 2.45) is 29.1 Å². The molecular formula is C51H47NO. The van der Waals surface area contributed by atoms with Gasteiger partial charge in [0, 0.05) is 28.4 Å². The highest BCUT2D eigenvalue weighted by atomic mass is 16.5. The van der Waals surface area contributed by atoms with Gasteiger partial charge in [0.15, 0.2) is 0 Å². The summed E-state index contributed by atoms with van der Waals surface area (Å²) in [6, 6.07) is 51.7. The molecule has 2 heteroatoms. The summed E-state index contributed by atoms with van der Waals surface area (Å²) in [6.45, 7) is 6.93. The fraction of sp³-hybridized carbons (Fsp3) is 0.294. The zero-order valence-electron chi connectivity index (χ0n) is 31.1. The molecule has 5 bridgehead atoms. The Bertz CT molecular complexity index is 2390. The maximum absolute atomic E-state index is 7.17. The monoisotopic (exact) mass is 689 g/mol. The molecule has 6 aromatic carbocycles. The Labute approximate surface area is 314 Å². The number of fused-ring (bicyclic) bond motifs is 3. The molecule has 6 aliphatic carbocycles. The molecular weight excluding hydrogens is 643 g/mol. The Morgan fingerprint density at radius 3 is 2.06 bits per heavy atom. The van der Waals surface area contributed by atoms with Gasteiger partial charge in [-0.25, -0.2) is 0 Å². The van der Waals surface area contributed by atoms with Crippen LogP contribution in [0.2, 0.25) is 0 Å². The summed E-state index contributed by atoms with van der Waals surface area (Å²) in [5, 5.41) is 0. The van der Waals surface area contributed by atoms with Gasteiger partial charge in [0.1, 0.15) is 11.5 Å². The molecule has 1 spiro atoms. The lowest BCUT2D eigenvalue weighted by molar-refractivity contribution is 0.0106. The van der Waals surface area contributed by atoms with Crippen LogP contribution in [0, 0.1) is 36.0 Å². The Morgan fingerprint density at radius 1 is 0.585 bits per heavy atom. The van der Waals surface area contributed by atoms with Crippen molar-refractivity contribution < 1.29 is 4.74 Å². The molecule has 262 valence electrons. The minimum absolute atomic E-state index is 0.102. The Balaban J connectivity index is 1.12. The number of rotatable bonds is 7. The topological polar surface area (TPSA) is 12.5 Å². The minimum atomic E-state index is -0.102. The van der Waals surface area contributed by atoms with Crippen LogP contribution in [0.15, 0.2) is 140 Å². The van der Waals surface area contributed by atoms with Gasteiger partial charge in [-0.3, -0.25) is 0 Å². The number of hydrogen-bond donors (Lipinski definition) is 0. The molecule has 53 heavy (non-hydrogen) atoms. The van der Waals surface area contributed by atoms with Crippen LogP contribution in [-0.4, -0.2) is 0 Å². The normalized spacial score (nSPS) is 26.4. The number of benzene rings is 6. The molecule has 6 aliphatic rings. The van der Waals surface area contributed by atoms with Gasteiger partial charge in [-0.15, -0.1) is 0 Å². The van der Waals surface area contributed by atoms with Crippen molar-refractivity contribution in [3.63, 3.8) is 0 Å². The fourth-order valence-corrected chi connectivity index (χ4v) is 12.6. The van der Waals surface area contributed by atoms with Gasteiger partial charge in [-0.05, 0) is 143 Å². The summed E-state index contributed by atoms with van der Waals surface area (Å²) >= 11 is 0. The van der Waals surface area contributed by atoms with E-state index in [0.29, 0.717) is 11.3 Å². The molecule has 6 aromatic rings. The lowest BCUT2D eigenvalue weighted by atomic mass is 9.56. The molecule has 0 N–H and O–H groups in total. The Kier molecular flexibility index (Phi) is 6.80. The first kappa shape index (κ1) is 31.4. The minimum Gasteiger partial charge on any atom is -0.457 e. The van der Waals surface area contributed by atoms with Crippen molar-refractivity contribution in [1.82, 2.24) is 0 Å². The molecule has 12 rings (SSSR count). The summed E-state index contributed by atoms with van der Waals surface area (Å²) in [5.74, 6) is 6.10. The number of anilines is 3. The average molecular weight is 690 g/mol. The molecule has 3 atom stereocenters. The van der Waals surface area contributed by atoms with E-state index in [1.165, 1.54) is 82.3 Å². The van der Waals surface area contributed by atoms with E-state index >= 15 is 0 Å². The summed E-state index contributed by atoms with van der Waals surface area (Å²) in [6.07, 6.45) is 7.16. The van der Waals surface area contributed by atoms with Gasteiger partial charge < -0.3 is 9.64 Å². The third-order valence-electron chi connectivity index (χ3n) is 14.4. The predicted octanol–water partition coefficient (Wildman–Crippen LogP) is 13.8. The molecule has 1 unspecified atom stereocenters. The first-order chi connectivity index (χ1) is 25.9. The van der Waals surface area contributed by atoms with Gasteiger partial charge in [0.25, 0.3) is 0 Å². The maximum Gasteiger partial charge on any atom is 0.133 e. The molecule has 0 radical (unpaired) electrons. The van der Waals surface area contributed by atoms with Crippen LogP contribution in [0.25, 0.3) is 22.3 Å². The van der Waals surface area contributed by atoms with E-state index in [0.717, 1.165) is 46.5 Å². The highest BCUT2D eigenvalue weighted by Crippen LogP contribution is 2.78. The second-order valence-corrected chi connectivity index (χ2v) is 17.6. The molecule has 0 aromatic heterocycles. The zero-order valence-corrected chi connectivity index (χ0v) is 31.1. The predicted molar refractivity (Wildman–Crippen MR) is 218 cm³/mol. The molecule has 5 saturated carbocycles. The van der Waals surface area contributed by atoms with Gasteiger partial charge in [-0.2, -0.15) is 0 Å². The summed E-state index contributed by atoms with van der Waals surface area (Å²) in [7, 11) is 0. The van der Waals surface area contributed by atoms with Gasteiger partial charge >= 0.3 is 0 Å². The number of hydrogen-bond acceptors (Lipinski definition) is 2. The number of aryl methyl sites for hydroxylation is 1. The SMILES string of the molecule is Cc1ccccc1Oc1cc(N(c2ccc3c(c2)C(C)(C)c2ccccc2-3)c2ccccc2-c2ccccc2)ccc1C1C2[C@@H]3CC4C[C@@H]2CC1(C4)C3. The maximum atomic E-state index is 7.17. The first-order valence-corrected chi connectivity index (χ1v) is 19.9. The van der Waals surface area contributed by atoms with Crippen molar-refractivity contribution in [1.29, 1.82) is 0 Å². The van der Waals surface area contributed by atoms with Crippen LogP contribution >= 0.6 is 0 Å². The van der Waals surface area contributed by atoms with E-state index in [9.17, 15) is 0 Å². The number of para-hydroxylation sites is 2. The van der Waals surface area contributed by atoms with E-state index < -0.39 is 0 Å². The summed E-state index contributed by atoms with van der Waals surface area (Å²) in [5.41, 5.74) is 14.3. The van der Waals surface area contributed by atoms with E-state index in [1.54, 1.807) is 0 Å². The molecule has 0 amide bonds. The highest BCUT2D eigenvalue weighted by molar-refractivity contribution is 5.90. The van der Waals surface area contributed by atoms with Gasteiger partial charge in [-0.1, -0.05) is 117 Å². The molecule has 0 aliphatic heterocycles. The van der Waals surface area contributed by atoms with Crippen molar-refractivity contribution in [3.05, 3.63) is 162 Å². The summed E-state index contributed by atoms with van der Waals surface area (Å²) < 4.78 is 7.17. The lowest BCUT2D eigenvalue weighted by Gasteiger charge is -2.49. The molecule has 0 saturated heterocycles. The van der Waals surface area contributed by atoms with Crippen molar-refractivity contribution in [2.45, 2.75) is 64.2 Å². The second-order valence-electron chi connectivity index (χ2n) is 17.6. The highest BCUT2D eigenvalue weighted by Gasteiger charge is 2.68. The third-order valence-corrected chi connectivity index (χ3v) is 14.4. The van der Waals surface area contributed by atoms with Crippen LogP contribution in [0.3, 0.4) is 0 Å². The Morgan fingerprint density at radius 2 is 1.25 bits per heavy atom. The average Bonchev–Trinajstić information content (AvgIpc) is 3.66. The molecule has 0 heterocycles. The van der Waals surface area contributed by atoms with Crippen LogP contribution < -0.4 is 9.64 Å². The first-order valence-electron chi connectivity index (χ1n) is 19.9. The quantitative estimate of drug-likeness (QED) is 0.165. The van der Waals surface area contributed by atoms with Crippen molar-refractivity contribution in [3.8, 4) is 33.8 Å². The van der Waals surface area contributed by atoms with Crippen LogP contribution in [-0.2, 0) is 5.41 Å². The smallest absolute Gasteiger partial charge is 0.133 e. The number of ether oxygens (including phenoxy) is 1. The lowest BCUT2D eigenvalue weighted by Crippen LogP contribution is -2.39. The third kappa shape index (κ3) is 4.64. The van der Waals surface area contributed by atoms with Crippen molar-refractivity contribution >= 4 is 17.1 Å². The second kappa shape index (κ2) is 11.5. The van der Waals surface area contributed by atoms with E-state index in [-0.39, 0.29) is 5.41 Å². The fourth-order valence-electron chi connectivity index (χ4n) is 12.6. The van der Waals surface area contributed by atoms with Crippen LogP contribution in [0.5, 0.6) is 11.5 Å². The standard InChI is InChI=1S/C51H47NO/c1-32-13-7-12-20-46(32)53-47-28-38(22-24-42(47)49-48-35-25-33-26-36(48)31-51(49,29-33)30-35)52(45-19-11-9-16-39(45)34-14-5-4-6-15-34)37-21-23-41-40-17-8-10-18-43(40)50(2,3)44(41)27-37/h4-24,27-28,33,35-36,48-49H,25-26,29-31H2,1-3H3/t33?,35-,36-,48?,49?,51?/m1/s1. The summed E-state index contributed by atoms with van der Waals surface area (Å²) in [4.78, 5) is 2.49. The van der Waals surface area contributed by atoms with E-state index in [2.05, 4.69) is 165 Å². The van der Waals surface area contributed by atoms with E-state index in [1.807, 2.05) is 0 Å². The van der Waals surface area contributed by atoms with Gasteiger partial charge in [0.2, 0.25) is 0 Å². The molecule has 2 nitrogen and oxygen atoms in total.